The lowest BCUT2D eigenvalue weighted by molar-refractivity contribution is -0.121. The number of rotatable bonds is 3. The first kappa shape index (κ1) is 11.5. The van der Waals surface area contributed by atoms with Crippen molar-refractivity contribution in [3.8, 4) is 0 Å². The molecule has 2 heterocycles. The zero-order chi connectivity index (χ0) is 11.5. The minimum Gasteiger partial charge on any atom is -0.351 e. The second-order valence-corrected chi connectivity index (χ2v) is 5.30. The van der Waals surface area contributed by atoms with Crippen LogP contribution in [0.1, 0.15) is 19.2 Å². The predicted molar refractivity (Wildman–Crippen MR) is 65.5 cm³/mol. The second kappa shape index (κ2) is 4.91. The molecule has 0 spiro atoms. The summed E-state index contributed by atoms with van der Waals surface area (Å²) in [6, 6.07) is 0.254. The number of amides is 1. The van der Waals surface area contributed by atoms with Crippen LogP contribution in [0.5, 0.6) is 0 Å². The first-order valence-electron chi connectivity index (χ1n) is 5.54. The van der Waals surface area contributed by atoms with E-state index in [2.05, 4.69) is 14.9 Å². The molecule has 4 nitrogen and oxygen atoms in total. The van der Waals surface area contributed by atoms with Gasteiger partial charge in [-0.1, -0.05) is 0 Å². The molecule has 1 aromatic heterocycles. The summed E-state index contributed by atoms with van der Waals surface area (Å²) in [4.78, 5) is 16.0. The standard InChI is InChI=1S/C11H17N3OS/c1-8(16-2)11(15)13-9-3-4-10-12-5-6-14(10)7-9/h5-6,8-9H,3-4,7H2,1-2H3,(H,13,15)/t8-,9+/m1/s1. The van der Waals surface area contributed by atoms with Crippen LogP contribution >= 0.6 is 11.8 Å². The van der Waals surface area contributed by atoms with Gasteiger partial charge in [0.15, 0.2) is 0 Å². The Balaban J connectivity index is 1.92. The smallest absolute Gasteiger partial charge is 0.233 e. The zero-order valence-corrected chi connectivity index (χ0v) is 10.5. The number of carbonyl (C=O) groups is 1. The number of carbonyl (C=O) groups excluding carboxylic acids is 1. The highest BCUT2D eigenvalue weighted by atomic mass is 32.2. The topological polar surface area (TPSA) is 46.9 Å². The van der Waals surface area contributed by atoms with E-state index in [1.165, 1.54) is 0 Å². The number of fused-ring (bicyclic) bond motifs is 1. The molecule has 0 aromatic carbocycles. The molecule has 2 atom stereocenters. The van der Waals surface area contributed by atoms with Gasteiger partial charge in [0.05, 0.1) is 5.25 Å². The normalized spacial score (nSPS) is 21.2. The first-order chi connectivity index (χ1) is 7.70. The Morgan fingerprint density at radius 3 is 3.31 bits per heavy atom. The highest BCUT2D eigenvalue weighted by Crippen LogP contribution is 2.14. The highest BCUT2D eigenvalue weighted by Gasteiger charge is 2.21. The van der Waals surface area contributed by atoms with Crippen LogP contribution < -0.4 is 5.32 Å². The van der Waals surface area contributed by atoms with E-state index >= 15 is 0 Å². The van der Waals surface area contributed by atoms with Crippen molar-refractivity contribution in [2.75, 3.05) is 6.26 Å². The van der Waals surface area contributed by atoms with Crippen LogP contribution in [0.15, 0.2) is 12.4 Å². The van der Waals surface area contributed by atoms with E-state index in [-0.39, 0.29) is 17.2 Å². The molecule has 0 saturated heterocycles. The molecule has 1 aromatic rings. The molecular weight excluding hydrogens is 222 g/mol. The maximum atomic E-state index is 11.7. The average Bonchev–Trinajstić information content (AvgIpc) is 2.75. The van der Waals surface area contributed by atoms with Crippen LogP contribution in [-0.4, -0.2) is 33.0 Å². The number of hydrogen-bond acceptors (Lipinski definition) is 3. The molecule has 1 aliphatic rings. The molecule has 0 bridgehead atoms. The maximum Gasteiger partial charge on any atom is 0.233 e. The molecule has 1 N–H and O–H groups in total. The largest absolute Gasteiger partial charge is 0.351 e. The van der Waals surface area contributed by atoms with Crippen LogP contribution in [0.25, 0.3) is 0 Å². The molecule has 1 aliphatic heterocycles. The molecule has 0 unspecified atom stereocenters. The molecular formula is C11H17N3OS. The number of nitrogens with one attached hydrogen (secondary N) is 1. The molecule has 0 fully saturated rings. The third-order valence-electron chi connectivity index (χ3n) is 3.00. The fourth-order valence-electron chi connectivity index (χ4n) is 1.91. The van der Waals surface area contributed by atoms with Gasteiger partial charge in [0.1, 0.15) is 5.82 Å². The summed E-state index contributed by atoms with van der Waals surface area (Å²) in [7, 11) is 0. The average molecular weight is 239 g/mol. The molecule has 88 valence electrons. The summed E-state index contributed by atoms with van der Waals surface area (Å²) in [6.07, 6.45) is 7.70. The van der Waals surface area contributed by atoms with Crippen LogP contribution in [0, 0.1) is 0 Å². The summed E-state index contributed by atoms with van der Waals surface area (Å²) in [6.45, 7) is 2.79. The second-order valence-electron chi connectivity index (χ2n) is 4.12. The predicted octanol–water partition coefficient (Wildman–Crippen LogP) is 1.07. The van der Waals surface area contributed by atoms with Crippen molar-refractivity contribution in [3.63, 3.8) is 0 Å². The van der Waals surface area contributed by atoms with E-state index < -0.39 is 0 Å². The zero-order valence-electron chi connectivity index (χ0n) is 9.64. The van der Waals surface area contributed by atoms with E-state index in [1.54, 1.807) is 11.8 Å². The lowest BCUT2D eigenvalue weighted by Crippen LogP contribution is -2.43. The monoisotopic (exact) mass is 239 g/mol. The van der Waals surface area contributed by atoms with Crippen LogP contribution in [0.4, 0.5) is 0 Å². The molecule has 0 aliphatic carbocycles. The Labute approximate surface area is 99.8 Å². The number of aromatic nitrogens is 2. The Morgan fingerprint density at radius 2 is 2.56 bits per heavy atom. The van der Waals surface area contributed by atoms with Crippen molar-refractivity contribution in [2.45, 2.75) is 37.6 Å². The fraction of sp³-hybridized carbons (Fsp3) is 0.636. The van der Waals surface area contributed by atoms with Gasteiger partial charge in [-0.3, -0.25) is 4.79 Å². The number of thioether (sulfide) groups is 1. The lowest BCUT2D eigenvalue weighted by atomic mass is 10.1. The maximum absolute atomic E-state index is 11.7. The Morgan fingerprint density at radius 1 is 1.75 bits per heavy atom. The molecule has 2 rings (SSSR count). The van der Waals surface area contributed by atoms with Gasteiger partial charge in [-0.05, 0) is 19.6 Å². The van der Waals surface area contributed by atoms with Crippen molar-refractivity contribution < 1.29 is 4.79 Å². The van der Waals surface area contributed by atoms with E-state index in [4.69, 9.17) is 0 Å². The van der Waals surface area contributed by atoms with Crippen molar-refractivity contribution in [3.05, 3.63) is 18.2 Å². The Kier molecular flexibility index (Phi) is 3.53. The highest BCUT2D eigenvalue weighted by molar-refractivity contribution is 7.99. The molecule has 1 amide bonds. The van der Waals surface area contributed by atoms with Crippen molar-refractivity contribution in [2.24, 2.45) is 0 Å². The van der Waals surface area contributed by atoms with Gasteiger partial charge in [-0.25, -0.2) is 4.98 Å². The van der Waals surface area contributed by atoms with Gasteiger partial charge in [0.2, 0.25) is 5.91 Å². The van der Waals surface area contributed by atoms with Crippen LogP contribution in [0.3, 0.4) is 0 Å². The van der Waals surface area contributed by atoms with Gasteiger partial charge >= 0.3 is 0 Å². The third-order valence-corrected chi connectivity index (χ3v) is 3.93. The molecule has 0 radical (unpaired) electrons. The summed E-state index contributed by atoms with van der Waals surface area (Å²) < 4.78 is 2.12. The molecule has 16 heavy (non-hydrogen) atoms. The van der Waals surface area contributed by atoms with E-state index in [0.717, 1.165) is 25.2 Å². The number of aryl methyl sites for hydroxylation is 1. The van der Waals surface area contributed by atoms with E-state index in [1.807, 2.05) is 25.6 Å². The van der Waals surface area contributed by atoms with Gasteiger partial charge in [-0.15, -0.1) is 0 Å². The van der Waals surface area contributed by atoms with E-state index in [9.17, 15) is 4.79 Å². The Bertz CT molecular complexity index is 377. The lowest BCUT2D eigenvalue weighted by Gasteiger charge is -2.25. The summed E-state index contributed by atoms with van der Waals surface area (Å²) in [5, 5.41) is 3.12. The number of hydrogen-bond donors (Lipinski definition) is 1. The SMILES string of the molecule is CS[C@H](C)C(=O)N[C@H]1CCc2nccn2C1. The molecule has 5 heteroatoms. The van der Waals surface area contributed by atoms with Crippen LogP contribution in [0.2, 0.25) is 0 Å². The Hall–Kier alpha value is -0.970. The van der Waals surface area contributed by atoms with Gasteiger partial charge < -0.3 is 9.88 Å². The van der Waals surface area contributed by atoms with Crippen LogP contribution in [-0.2, 0) is 17.8 Å². The number of imidazole rings is 1. The first-order valence-corrected chi connectivity index (χ1v) is 6.82. The van der Waals surface area contributed by atoms with Gasteiger partial charge in [0, 0.05) is 31.4 Å². The number of nitrogens with zero attached hydrogens (tertiary/aromatic N) is 2. The minimum atomic E-state index is 0.0317. The van der Waals surface area contributed by atoms with Crippen molar-refractivity contribution >= 4 is 17.7 Å². The van der Waals surface area contributed by atoms with Gasteiger partial charge in [-0.2, -0.15) is 11.8 Å². The van der Waals surface area contributed by atoms with Crippen molar-refractivity contribution in [1.29, 1.82) is 0 Å². The fourth-order valence-corrected chi connectivity index (χ4v) is 2.19. The minimum absolute atomic E-state index is 0.0317. The summed E-state index contributed by atoms with van der Waals surface area (Å²) in [5.74, 6) is 1.27. The van der Waals surface area contributed by atoms with Gasteiger partial charge in [0.25, 0.3) is 0 Å². The summed E-state index contributed by atoms with van der Waals surface area (Å²) >= 11 is 1.58. The summed E-state index contributed by atoms with van der Waals surface area (Å²) in [5.41, 5.74) is 0. The third kappa shape index (κ3) is 2.40. The van der Waals surface area contributed by atoms with E-state index in [0.29, 0.717) is 0 Å². The van der Waals surface area contributed by atoms with Crippen molar-refractivity contribution in [1.82, 2.24) is 14.9 Å². The molecule has 0 saturated carbocycles. The quantitative estimate of drug-likeness (QED) is 0.858.